The number of unbranched alkanes of at least 4 members (excludes halogenated alkanes) is 2. The number of hydrogen-bond acceptors (Lipinski definition) is 4. The molecule has 0 bridgehead atoms. The molecule has 0 saturated heterocycles. The van der Waals surface area contributed by atoms with E-state index in [0.29, 0.717) is 36.3 Å². The lowest BCUT2D eigenvalue weighted by atomic mass is 9.61. The summed E-state index contributed by atoms with van der Waals surface area (Å²) >= 11 is 0. The Bertz CT molecular complexity index is 1570. The molecule has 0 saturated carbocycles. The second-order valence-corrected chi connectivity index (χ2v) is 17.2. The van der Waals surface area contributed by atoms with E-state index >= 15 is 0 Å². The van der Waals surface area contributed by atoms with Crippen LogP contribution in [-0.2, 0) is 23.0 Å². The molecule has 0 amide bonds. The summed E-state index contributed by atoms with van der Waals surface area (Å²) in [6, 6.07) is 12.6. The van der Waals surface area contributed by atoms with E-state index in [4.69, 9.17) is 9.47 Å². The van der Waals surface area contributed by atoms with Crippen molar-refractivity contribution in [2.45, 2.75) is 139 Å². The second kappa shape index (κ2) is 14.0. The number of hydrogen-bond donors (Lipinski definition) is 0. The number of carbonyl (C=O) groups is 1. The van der Waals surface area contributed by atoms with Crippen LogP contribution in [0.25, 0.3) is 22.2 Å². The van der Waals surface area contributed by atoms with Crippen molar-refractivity contribution in [2.24, 2.45) is 23.3 Å². The van der Waals surface area contributed by atoms with Crippen LogP contribution in [0.15, 0.2) is 42.5 Å². The van der Waals surface area contributed by atoms with Crippen molar-refractivity contribution in [3.63, 3.8) is 0 Å². The second-order valence-electron chi connectivity index (χ2n) is 17.2. The number of benzene rings is 2. The minimum absolute atomic E-state index is 0.0619. The van der Waals surface area contributed by atoms with Crippen molar-refractivity contribution in [3.8, 4) is 22.8 Å². The van der Waals surface area contributed by atoms with Crippen LogP contribution in [0.3, 0.4) is 0 Å². The molecule has 268 valence electrons. The third-order valence-corrected chi connectivity index (χ3v) is 9.24. The Kier molecular flexibility index (Phi) is 11.4. The van der Waals surface area contributed by atoms with Crippen LogP contribution in [0.5, 0.6) is 11.5 Å². The maximum atomic E-state index is 13.8. The Balaban J connectivity index is 1.87. The van der Waals surface area contributed by atoms with E-state index in [1.54, 1.807) is 6.07 Å². The van der Waals surface area contributed by atoms with E-state index in [9.17, 15) is 18.0 Å². The van der Waals surface area contributed by atoms with E-state index in [1.165, 1.54) is 6.07 Å². The van der Waals surface area contributed by atoms with Crippen LogP contribution in [0.2, 0.25) is 0 Å². The number of ether oxygens (including phenoxy) is 3. The Morgan fingerprint density at radius 2 is 1.42 bits per heavy atom. The van der Waals surface area contributed by atoms with Crippen LogP contribution in [0, 0.1) is 16.2 Å². The van der Waals surface area contributed by atoms with Crippen molar-refractivity contribution in [1.82, 2.24) is 4.57 Å². The summed E-state index contributed by atoms with van der Waals surface area (Å²) in [5.74, 6) is 0.181. The third-order valence-electron chi connectivity index (χ3n) is 9.24. The molecule has 5 nitrogen and oxygen atoms in total. The lowest BCUT2D eigenvalue weighted by Crippen LogP contribution is -2.48. The first-order valence-corrected chi connectivity index (χ1v) is 17.2. The van der Waals surface area contributed by atoms with Crippen molar-refractivity contribution in [2.75, 3.05) is 0 Å². The van der Waals surface area contributed by atoms with E-state index in [-0.39, 0.29) is 22.5 Å². The summed E-state index contributed by atoms with van der Waals surface area (Å²) in [6.07, 6.45) is -0.0576. The zero-order valence-corrected chi connectivity index (χ0v) is 31.5. The van der Waals surface area contributed by atoms with Gasteiger partial charge in [0.25, 0.3) is 0 Å². The van der Waals surface area contributed by atoms with Crippen LogP contribution >= 0.6 is 0 Å². The Hall–Kier alpha value is -3.16. The number of aryl methyl sites for hydroxylation is 2. The molecule has 0 radical (unpaired) electrons. The standard InChI is InChI=1S/C40H58F3NO4/c1-14-15-16-17-27-18-21-30(33(22-27)47-40(41,42)43)32-23-28-19-20-29(24-31(28)44(32)13)46-37(8,9)26-38(10,11)48-34(45)39(12,36(5,6)7)25-35(2,3)4/h18-24H,14-17,25-26H2,1-13H3. The van der Waals surface area contributed by atoms with Gasteiger partial charge in [-0.1, -0.05) is 67.4 Å². The molecule has 0 fully saturated rings. The van der Waals surface area contributed by atoms with Gasteiger partial charge in [-0.05, 0) is 101 Å². The van der Waals surface area contributed by atoms with Crippen LogP contribution in [-0.4, -0.2) is 28.1 Å². The minimum atomic E-state index is -4.81. The summed E-state index contributed by atoms with van der Waals surface area (Å²) in [6.45, 7) is 24.5. The number of fused-ring (bicyclic) bond motifs is 1. The SMILES string of the molecule is CCCCCc1ccc(-c2cc3ccc(OC(C)(C)CC(C)(C)OC(=O)C(C)(CC(C)(C)C)C(C)(C)C)cc3n2C)c(OC(F)(F)F)c1. The first kappa shape index (κ1) is 39.3. The van der Waals surface area contributed by atoms with E-state index in [1.807, 2.05) is 76.6 Å². The quantitative estimate of drug-likeness (QED) is 0.134. The zero-order valence-electron chi connectivity index (χ0n) is 31.5. The predicted octanol–water partition coefficient (Wildman–Crippen LogP) is 11.8. The topological polar surface area (TPSA) is 49.7 Å². The van der Waals surface area contributed by atoms with Gasteiger partial charge in [-0.3, -0.25) is 4.79 Å². The Morgan fingerprint density at radius 1 is 0.771 bits per heavy atom. The van der Waals surface area contributed by atoms with Crippen LogP contribution in [0.1, 0.15) is 121 Å². The van der Waals surface area contributed by atoms with Gasteiger partial charge in [-0.25, -0.2) is 0 Å². The predicted molar refractivity (Wildman–Crippen MR) is 189 cm³/mol. The molecule has 1 unspecified atom stereocenters. The zero-order chi connectivity index (χ0) is 36.5. The molecular formula is C40H58F3NO4. The molecular weight excluding hydrogens is 615 g/mol. The van der Waals surface area contributed by atoms with Gasteiger partial charge in [0.2, 0.25) is 0 Å². The van der Waals surface area contributed by atoms with E-state index in [0.717, 1.165) is 35.7 Å². The molecule has 3 rings (SSSR count). The average Bonchev–Trinajstić information content (AvgIpc) is 3.20. The van der Waals surface area contributed by atoms with Crippen molar-refractivity contribution < 1.29 is 32.2 Å². The van der Waals surface area contributed by atoms with Crippen molar-refractivity contribution in [3.05, 3.63) is 48.0 Å². The molecule has 1 atom stereocenters. The smallest absolute Gasteiger partial charge is 0.488 e. The molecule has 0 N–H and O–H groups in total. The molecule has 3 aromatic rings. The average molecular weight is 674 g/mol. The highest BCUT2D eigenvalue weighted by Crippen LogP contribution is 2.48. The molecule has 0 spiro atoms. The number of halogens is 3. The van der Waals surface area contributed by atoms with Gasteiger partial charge in [0, 0.05) is 30.5 Å². The molecule has 1 aromatic heterocycles. The number of nitrogens with zero attached hydrogens (tertiary/aromatic N) is 1. The summed E-state index contributed by atoms with van der Waals surface area (Å²) in [5.41, 5.74) is -0.00210. The normalized spacial score (nSPS) is 14.6. The van der Waals surface area contributed by atoms with Gasteiger partial charge in [0.05, 0.1) is 16.6 Å². The van der Waals surface area contributed by atoms with Gasteiger partial charge in [-0.15, -0.1) is 13.2 Å². The number of alkyl halides is 3. The lowest BCUT2D eigenvalue weighted by molar-refractivity contribution is -0.274. The van der Waals surface area contributed by atoms with Gasteiger partial charge >= 0.3 is 12.3 Å². The summed E-state index contributed by atoms with van der Waals surface area (Å²) < 4.78 is 59.6. The fourth-order valence-electron chi connectivity index (χ4n) is 6.84. The third kappa shape index (κ3) is 10.2. The first-order chi connectivity index (χ1) is 21.8. The van der Waals surface area contributed by atoms with Crippen LogP contribution in [0.4, 0.5) is 13.2 Å². The summed E-state index contributed by atoms with van der Waals surface area (Å²) in [7, 11) is 1.82. The maximum absolute atomic E-state index is 13.8. The highest BCUT2D eigenvalue weighted by Gasteiger charge is 2.49. The molecule has 0 aliphatic heterocycles. The van der Waals surface area contributed by atoms with Gasteiger partial charge in [0.15, 0.2) is 0 Å². The largest absolute Gasteiger partial charge is 0.573 e. The Labute approximate surface area is 286 Å². The number of esters is 1. The molecule has 0 aliphatic rings. The molecule has 8 heteroatoms. The summed E-state index contributed by atoms with van der Waals surface area (Å²) in [4.78, 5) is 13.8. The fourth-order valence-corrected chi connectivity index (χ4v) is 6.84. The minimum Gasteiger partial charge on any atom is -0.488 e. The van der Waals surface area contributed by atoms with E-state index in [2.05, 4.69) is 53.2 Å². The summed E-state index contributed by atoms with van der Waals surface area (Å²) in [5, 5.41) is 0.859. The molecule has 2 aromatic carbocycles. The number of aromatic nitrogens is 1. The molecule has 48 heavy (non-hydrogen) atoms. The van der Waals surface area contributed by atoms with Crippen molar-refractivity contribution >= 4 is 16.9 Å². The highest BCUT2D eigenvalue weighted by molar-refractivity contribution is 5.89. The lowest BCUT2D eigenvalue weighted by Gasteiger charge is -2.45. The monoisotopic (exact) mass is 673 g/mol. The van der Waals surface area contributed by atoms with Gasteiger partial charge < -0.3 is 18.8 Å². The van der Waals surface area contributed by atoms with Gasteiger partial charge in [-0.2, -0.15) is 0 Å². The molecule has 1 heterocycles. The van der Waals surface area contributed by atoms with Gasteiger partial charge in [0.1, 0.15) is 22.7 Å². The number of carbonyl (C=O) groups excluding carboxylic acids is 1. The van der Waals surface area contributed by atoms with E-state index < -0.39 is 23.0 Å². The maximum Gasteiger partial charge on any atom is 0.573 e. The highest BCUT2D eigenvalue weighted by atomic mass is 19.4. The first-order valence-electron chi connectivity index (χ1n) is 17.2. The Morgan fingerprint density at radius 3 is 1.98 bits per heavy atom. The van der Waals surface area contributed by atoms with Crippen molar-refractivity contribution in [1.29, 1.82) is 0 Å². The fraction of sp³-hybridized carbons (Fsp3) is 0.625. The number of rotatable bonds is 13. The molecule has 0 aliphatic carbocycles. The van der Waals surface area contributed by atoms with Crippen LogP contribution < -0.4 is 9.47 Å².